The fourth-order valence-electron chi connectivity index (χ4n) is 2.34. The number of rotatable bonds is 2. The zero-order valence-corrected chi connectivity index (χ0v) is 14.5. The molecule has 1 aromatic rings. The van der Waals surface area contributed by atoms with E-state index < -0.39 is 0 Å². The summed E-state index contributed by atoms with van der Waals surface area (Å²) in [5, 5.41) is 5.63. The molecule has 1 heterocycles. The van der Waals surface area contributed by atoms with E-state index in [-0.39, 0.29) is 17.7 Å². The summed E-state index contributed by atoms with van der Waals surface area (Å²) in [6.07, 6.45) is 0.707. The largest absolute Gasteiger partial charge is 0.485 e. The molecule has 2 rings (SSSR count). The van der Waals surface area contributed by atoms with Crippen LogP contribution in [0.3, 0.4) is 0 Å². The maximum atomic E-state index is 12.0. The zero-order valence-electron chi connectivity index (χ0n) is 14.5. The predicted octanol–water partition coefficient (Wildman–Crippen LogP) is 2.59. The lowest BCUT2D eigenvalue weighted by Crippen LogP contribution is -2.29. The minimum Gasteiger partial charge on any atom is -0.485 e. The molecule has 0 saturated heterocycles. The second kappa shape index (κ2) is 5.98. The van der Waals surface area contributed by atoms with Crippen LogP contribution in [0.25, 0.3) is 0 Å². The number of urea groups is 2. The number of amides is 4. The Bertz CT molecular complexity index is 638. The third-order valence-corrected chi connectivity index (χ3v) is 3.47. The Morgan fingerprint density at radius 1 is 1.04 bits per heavy atom. The van der Waals surface area contributed by atoms with Gasteiger partial charge in [-0.2, -0.15) is 0 Å². The average Bonchev–Trinajstić information content (AvgIpc) is 2.72. The fraction of sp³-hybridized carbons (Fsp3) is 0.500. The van der Waals surface area contributed by atoms with Gasteiger partial charge in [0.1, 0.15) is 11.4 Å². The third kappa shape index (κ3) is 3.85. The molecule has 1 aliphatic rings. The van der Waals surface area contributed by atoms with Crippen molar-refractivity contribution in [2.75, 3.05) is 38.8 Å². The number of hydrogen-bond acceptors (Lipinski definition) is 3. The van der Waals surface area contributed by atoms with Crippen molar-refractivity contribution in [1.82, 2.24) is 9.80 Å². The number of fused-ring (bicyclic) bond motifs is 1. The topological polar surface area (TPSA) is 73.9 Å². The summed E-state index contributed by atoms with van der Waals surface area (Å²) in [5.74, 6) is 0.660. The lowest BCUT2D eigenvalue weighted by molar-refractivity contribution is 0.139. The number of carbonyl (C=O) groups excluding carboxylic acids is 2. The first-order valence-corrected chi connectivity index (χ1v) is 7.41. The average molecular weight is 320 g/mol. The Kier molecular flexibility index (Phi) is 4.40. The number of hydrogen-bond donors (Lipinski definition) is 2. The zero-order chi connectivity index (χ0) is 17.4. The van der Waals surface area contributed by atoms with Crippen molar-refractivity contribution < 1.29 is 14.3 Å². The van der Waals surface area contributed by atoms with E-state index in [0.717, 1.165) is 5.56 Å². The smallest absolute Gasteiger partial charge is 0.321 e. The Morgan fingerprint density at radius 2 is 1.61 bits per heavy atom. The van der Waals surface area contributed by atoms with Gasteiger partial charge in [0.2, 0.25) is 0 Å². The molecule has 0 saturated carbocycles. The van der Waals surface area contributed by atoms with Gasteiger partial charge in [-0.25, -0.2) is 9.59 Å². The molecule has 0 aliphatic carbocycles. The minimum absolute atomic E-state index is 0.229. The highest BCUT2D eigenvalue weighted by Crippen LogP contribution is 2.42. The Balaban J connectivity index is 2.37. The van der Waals surface area contributed by atoms with Crippen LogP contribution in [0.4, 0.5) is 21.0 Å². The molecule has 0 fully saturated rings. The first-order chi connectivity index (χ1) is 10.6. The summed E-state index contributed by atoms with van der Waals surface area (Å²) < 4.78 is 5.96. The van der Waals surface area contributed by atoms with Crippen molar-refractivity contribution in [3.8, 4) is 5.75 Å². The van der Waals surface area contributed by atoms with Crippen LogP contribution < -0.4 is 15.4 Å². The molecule has 0 atom stereocenters. The summed E-state index contributed by atoms with van der Waals surface area (Å²) in [7, 11) is 6.67. The molecule has 0 spiro atoms. The summed E-state index contributed by atoms with van der Waals surface area (Å²) in [4.78, 5) is 26.7. The molecular weight excluding hydrogens is 296 g/mol. The lowest BCUT2D eigenvalue weighted by Gasteiger charge is -2.20. The number of benzene rings is 1. The standard InChI is InChI=1S/C16H24N4O3/c1-16(2)9-10-7-11(17-14(21)19(3)4)8-12(13(10)23-16)18-15(22)20(5)6/h7-8H,9H2,1-6H3,(H,17,21)(H,18,22). The molecule has 0 unspecified atom stereocenters. The number of nitrogens with zero attached hydrogens (tertiary/aromatic N) is 2. The second-order valence-electron chi connectivity index (χ2n) is 6.70. The van der Waals surface area contributed by atoms with Gasteiger partial charge < -0.3 is 25.2 Å². The van der Waals surface area contributed by atoms with Crippen LogP contribution in [0.1, 0.15) is 19.4 Å². The van der Waals surface area contributed by atoms with Crippen molar-refractivity contribution in [2.24, 2.45) is 0 Å². The van der Waals surface area contributed by atoms with Gasteiger partial charge in [-0.3, -0.25) is 0 Å². The van der Waals surface area contributed by atoms with Crippen molar-refractivity contribution in [3.63, 3.8) is 0 Å². The maximum absolute atomic E-state index is 12.0. The molecule has 0 bridgehead atoms. The van der Waals surface area contributed by atoms with Crippen molar-refractivity contribution in [3.05, 3.63) is 17.7 Å². The van der Waals surface area contributed by atoms with Gasteiger partial charge in [-0.1, -0.05) is 0 Å². The van der Waals surface area contributed by atoms with Crippen LogP contribution in [0.2, 0.25) is 0 Å². The molecule has 7 nitrogen and oxygen atoms in total. The summed E-state index contributed by atoms with van der Waals surface area (Å²) in [6, 6.07) is 3.12. The van der Waals surface area contributed by atoms with Crippen molar-refractivity contribution >= 4 is 23.4 Å². The third-order valence-electron chi connectivity index (χ3n) is 3.47. The molecule has 4 amide bonds. The van der Waals surface area contributed by atoms with Gasteiger partial charge in [0.05, 0.1) is 5.69 Å². The first-order valence-electron chi connectivity index (χ1n) is 7.41. The SMILES string of the molecule is CN(C)C(=O)Nc1cc2c(c(NC(=O)N(C)C)c1)OC(C)(C)C2. The van der Waals surface area contributed by atoms with Gasteiger partial charge >= 0.3 is 12.1 Å². The molecule has 0 aromatic heterocycles. The van der Waals surface area contributed by atoms with E-state index in [0.29, 0.717) is 23.5 Å². The van der Waals surface area contributed by atoms with E-state index in [4.69, 9.17) is 4.74 Å². The quantitative estimate of drug-likeness (QED) is 0.879. The first kappa shape index (κ1) is 16.9. The highest BCUT2D eigenvalue weighted by Gasteiger charge is 2.33. The summed E-state index contributed by atoms with van der Waals surface area (Å²) >= 11 is 0. The minimum atomic E-state index is -0.343. The maximum Gasteiger partial charge on any atom is 0.321 e. The number of carbonyl (C=O) groups is 2. The van der Waals surface area contributed by atoms with Crippen LogP contribution in [0, 0.1) is 0 Å². The van der Waals surface area contributed by atoms with Crippen molar-refractivity contribution in [2.45, 2.75) is 25.9 Å². The molecule has 1 aromatic carbocycles. The van der Waals surface area contributed by atoms with Crippen LogP contribution in [0.5, 0.6) is 5.75 Å². The molecular formula is C16H24N4O3. The van der Waals surface area contributed by atoms with Crippen molar-refractivity contribution in [1.29, 1.82) is 0 Å². The van der Waals surface area contributed by atoms with Crippen LogP contribution in [-0.2, 0) is 6.42 Å². The second-order valence-corrected chi connectivity index (χ2v) is 6.70. The van der Waals surface area contributed by atoms with Gasteiger partial charge in [-0.15, -0.1) is 0 Å². The highest BCUT2D eigenvalue weighted by molar-refractivity contribution is 5.94. The van der Waals surface area contributed by atoms with E-state index in [1.54, 1.807) is 34.3 Å². The molecule has 126 valence electrons. The normalized spacial score (nSPS) is 14.5. The Hall–Kier alpha value is -2.44. The number of anilines is 2. The summed E-state index contributed by atoms with van der Waals surface area (Å²) in [5.41, 5.74) is 1.80. The molecule has 23 heavy (non-hydrogen) atoms. The van der Waals surface area contributed by atoms with E-state index in [1.807, 2.05) is 19.9 Å². The van der Waals surface area contributed by atoms with Crippen LogP contribution >= 0.6 is 0 Å². The monoisotopic (exact) mass is 320 g/mol. The van der Waals surface area contributed by atoms with Crippen LogP contribution in [-0.4, -0.2) is 55.7 Å². The van der Waals surface area contributed by atoms with Crippen LogP contribution in [0.15, 0.2) is 12.1 Å². The Morgan fingerprint density at radius 3 is 2.17 bits per heavy atom. The van der Waals surface area contributed by atoms with Gasteiger partial charge in [-0.05, 0) is 26.0 Å². The van der Waals surface area contributed by atoms with E-state index in [2.05, 4.69) is 10.6 Å². The molecule has 7 heteroatoms. The predicted molar refractivity (Wildman–Crippen MR) is 90.3 cm³/mol. The highest BCUT2D eigenvalue weighted by atomic mass is 16.5. The molecule has 0 radical (unpaired) electrons. The lowest BCUT2D eigenvalue weighted by atomic mass is 10.0. The van der Waals surface area contributed by atoms with Gasteiger partial charge in [0, 0.05) is 45.9 Å². The van der Waals surface area contributed by atoms with Gasteiger partial charge in [0.15, 0.2) is 0 Å². The number of nitrogens with one attached hydrogen (secondary N) is 2. The van der Waals surface area contributed by atoms with E-state index in [1.165, 1.54) is 9.80 Å². The summed E-state index contributed by atoms with van der Waals surface area (Å²) in [6.45, 7) is 3.98. The molecule has 1 aliphatic heterocycles. The fourth-order valence-corrected chi connectivity index (χ4v) is 2.34. The van der Waals surface area contributed by atoms with E-state index >= 15 is 0 Å². The van der Waals surface area contributed by atoms with Gasteiger partial charge in [0.25, 0.3) is 0 Å². The van der Waals surface area contributed by atoms with E-state index in [9.17, 15) is 9.59 Å². The Labute approximate surface area is 136 Å². The molecule has 2 N–H and O–H groups in total. The number of ether oxygens (including phenoxy) is 1.